The van der Waals surface area contributed by atoms with Crippen molar-refractivity contribution in [3.63, 3.8) is 0 Å². The van der Waals surface area contributed by atoms with Gasteiger partial charge in [0.05, 0.1) is 11.6 Å². The van der Waals surface area contributed by atoms with Crippen LogP contribution in [0.4, 0.5) is 4.39 Å². The molecule has 0 aliphatic rings. The molecule has 0 aliphatic heterocycles. The third-order valence-electron chi connectivity index (χ3n) is 3.65. The number of halogens is 2. The molecule has 1 aromatic rings. The SMILES string of the molecule is CCCNC(c1cc(F)ccc1Cl)C(C)(CC)OCC. The molecule has 0 fully saturated rings. The zero-order valence-electron chi connectivity index (χ0n) is 12.8. The lowest BCUT2D eigenvalue weighted by Gasteiger charge is -2.38. The number of rotatable bonds is 8. The second kappa shape index (κ2) is 7.96. The average Bonchev–Trinajstić information content (AvgIpc) is 2.43. The summed E-state index contributed by atoms with van der Waals surface area (Å²) in [5.41, 5.74) is 0.347. The third kappa shape index (κ3) is 4.18. The fourth-order valence-corrected chi connectivity index (χ4v) is 2.63. The van der Waals surface area contributed by atoms with E-state index >= 15 is 0 Å². The van der Waals surface area contributed by atoms with Gasteiger partial charge in [0, 0.05) is 11.6 Å². The molecule has 2 unspecified atom stereocenters. The summed E-state index contributed by atoms with van der Waals surface area (Å²) in [5, 5.41) is 4.02. The van der Waals surface area contributed by atoms with Crippen LogP contribution in [0.15, 0.2) is 18.2 Å². The van der Waals surface area contributed by atoms with Crippen molar-refractivity contribution < 1.29 is 9.13 Å². The molecule has 4 heteroatoms. The van der Waals surface area contributed by atoms with Gasteiger partial charge in [-0.3, -0.25) is 0 Å². The van der Waals surface area contributed by atoms with Gasteiger partial charge in [-0.1, -0.05) is 25.4 Å². The van der Waals surface area contributed by atoms with E-state index in [0.29, 0.717) is 11.6 Å². The molecule has 0 heterocycles. The Morgan fingerprint density at radius 3 is 2.60 bits per heavy atom. The lowest BCUT2D eigenvalue weighted by molar-refractivity contribution is -0.0563. The maximum atomic E-state index is 13.6. The van der Waals surface area contributed by atoms with Gasteiger partial charge in [-0.25, -0.2) is 4.39 Å². The van der Waals surface area contributed by atoms with Gasteiger partial charge >= 0.3 is 0 Å². The summed E-state index contributed by atoms with van der Waals surface area (Å²) >= 11 is 6.27. The van der Waals surface area contributed by atoms with Crippen LogP contribution in [0.25, 0.3) is 0 Å². The molecular weight excluding hydrogens is 277 g/mol. The number of hydrogen-bond donors (Lipinski definition) is 1. The first-order valence-corrected chi connectivity index (χ1v) is 7.68. The molecule has 2 nitrogen and oxygen atoms in total. The second-order valence-electron chi connectivity index (χ2n) is 5.15. The van der Waals surface area contributed by atoms with E-state index in [1.54, 1.807) is 6.07 Å². The molecular formula is C16H25ClFNO. The van der Waals surface area contributed by atoms with Gasteiger partial charge in [-0.2, -0.15) is 0 Å². The van der Waals surface area contributed by atoms with E-state index in [1.807, 2.05) is 13.8 Å². The van der Waals surface area contributed by atoms with E-state index in [0.717, 1.165) is 24.9 Å². The second-order valence-corrected chi connectivity index (χ2v) is 5.56. The van der Waals surface area contributed by atoms with Crippen molar-refractivity contribution in [2.45, 2.75) is 52.2 Å². The first-order chi connectivity index (χ1) is 9.48. The van der Waals surface area contributed by atoms with E-state index in [2.05, 4.69) is 19.2 Å². The molecule has 1 N–H and O–H groups in total. The van der Waals surface area contributed by atoms with Gasteiger partial charge in [0.25, 0.3) is 0 Å². The molecule has 1 aromatic carbocycles. The van der Waals surface area contributed by atoms with Crippen molar-refractivity contribution in [2.75, 3.05) is 13.2 Å². The van der Waals surface area contributed by atoms with E-state index in [4.69, 9.17) is 16.3 Å². The zero-order chi connectivity index (χ0) is 15.2. The Bertz CT molecular complexity index is 427. The summed E-state index contributed by atoms with van der Waals surface area (Å²) < 4.78 is 19.5. The molecule has 2 atom stereocenters. The van der Waals surface area contributed by atoms with Gasteiger partial charge in [-0.05, 0) is 57.0 Å². The monoisotopic (exact) mass is 301 g/mol. The summed E-state index contributed by atoms with van der Waals surface area (Å²) in [5.74, 6) is -0.275. The van der Waals surface area contributed by atoms with Crippen molar-refractivity contribution in [3.05, 3.63) is 34.6 Å². The molecule has 1 rings (SSSR count). The predicted molar refractivity (Wildman–Crippen MR) is 82.8 cm³/mol. The lowest BCUT2D eigenvalue weighted by atomic mass is 9.87. The van der Waals surface area contributed by atoms with Crippen LogP contribution in [-0.4, -0.2) is 18.8 Å². The van der Waals surface area contributed by atoms with Crippen molar-refractivity contribution in [1.29, 1.82) is 0 Å². The normalized spacial score (nSPS) is 15.9. The van der Waals surface area contributed by atoms with Crippen LogP contribution in [-0.2, 0) is 4.74 Å². The van der Waals surface area contributed by atoms with Crippen LogP contribution >= 0.6 is 11.6 Å². The molecule has 0 saturated heterocycles. The highest BCUT2D eigenvalue weighted by molar-refractivity contribution is 6.31. The zero-order valence-corrected chi connectivity index (χ0v) is 13.6. The smallest absolute Gasteiger partial charge is 0.123 e. The van der Waals surface area contributed by atoms with E-state index in [-0.39, 0.29) is 11.9 Å². The van der Waals surface area contributed by atoms with E-state index < -0.39 is 5.60 Å². The Labute approximate surface area is 126 Å². The first kappa shape index (κ1) is 17.4. The Balaban J connectivity index is 3.19. The summed E-state index contributed by atoms with van der Waals surface area (Å²) in [7, 11) is 0. The van der Waals surface area contributed by atoms with Crippen LogP contribution in [0, 0.1) is 5.82 Å². The van der Waals surface area contributed by atoms with Crippen LogP contribution in [0.3, 0.4) is 0 Å². The summed E-state index contributed by atoms with van der Waals surface area (Å²) in [6, 6.07) is 4.36. The number of benzene rings is 1. The van der Waals surface area contributed by atoms with Gasteiger partial charge < -0.3 is 10.1 Å². The van der Waals surface area contributed by atoms with Crippen LogP contribution in [0.2, 0.25) is 5.02 Å². The number of nitrogens with one attached hydrogen (secondary N) is 1. The van der Waals surface area contributed by atoms with Crippen molar-refractivity contribution >= 4 is 11.6 Å². The van der Waals surface area contributed by atoms with Gasteiger partial charge in [0.1, 0.15) is 5.82 Å². The largest absolute Gasteiger partial charge is 0.374 e. The molecule has 0 spiro atoms. The minimum absolute atomic E-state index is 0.129. The van der Waals surface area contributed by atoms with Crippen LogP contribution in [0.5, 0.6) is 0 Å². The van der Waals surface area contributed by atoms with Gasteiger partial charge in [0.15, 0.2) is 0 Å². The Morgan fingerprint density at radius 1 is 1.35 bits per heavy atom. The molecule has 0 bridgehead atoms. The maximum absolute atomic E-state index is 13.6. The van der Waals surface area contributed by atoms with Crippen LogP contribution in [0.1, 0.15) is 52.1 Å². The van der Waals surface area contributed by atoms with E-state index in [1.165, 1.54) is 12.1 Å². The highest BCUT2D eigenvalue weighted by Crippen LogP contribution is 2.36. The third-order valence-corrected chi connectivity index (χ3v) is 4.00. The highest BCUT2D eigenvalue weighted by atomic mass is 35.5. The van der Waals surface area contributed by atoms with Crippen molar-refractivity contribution in [3.8, 4) is 0 Å². The standard InChI is InChI=1S/C16H25ClFNO/c1-5-10-19-15(16(4,6-2)20-7-3)13-11-12(18)8-9-14(13)17/h8-9,11,15,19H,5-7,10H2,1-4H3. The summed E-state index contributed by atoms with van der Waals surface area (Å²) in [4.78, 5) is 0. The Hall–Kier alpha value is -0.640. The lowest BCUT2D eigenvalue weighted by Crippen LogP contribution is -2.44. The van der Waals surface area contributed by atoms with Crippen LogP contribution < -0.4 is 5.32 Å². The van der Waals surface area contributed by atoms with Crippen molar-refractivity contribution in [1.82, 2.24) is 5.32 Å². The quantitative estimate of drug-likeness (QED) is 0.750. The molecule has 114 valence electrons. The molecule has 0 amide bonds. The molecule has 0 radical (unpaired) electrons. The molecule has 20 heavy (non-hydrogen) atoms. The fraction of sp³-hybridized carbons (Fsp3) is 0.625. The predicted octanol–water partition coefficient (Wildman–Crippen LogP) is 4.73. The topological polar surface area (TPSA) is 21.3 Å². The fourth-order valence-electron chi connectivity index (χ4n) is 2.40. The average molecular weight is 302 g/mol. The summed E-state index contributed by atoms with van der Waals surface area (Å²) in [6.07, 6.45) is 1.81. The molecule has 0 aromatic heterocycles. The Kier molecular flexibility index (Phi) is 6.93. The molecule has 0 aliphatic carbocycles. The highest BCUT2D eigenvalue weighted by Gasteiger charge is 2.35. The minimum atomic E-state index is -0.415. The van der Waals surface area contributed by atoms with Gasteiger partial charge in [0.2, 0.25) is 0 Å². The summed E-state index contributed by atoms with van der Waals surface area (Å²) in [6.45, 7) is 9.63. The first-order valence-electron chi connectivity index (χ1n) is 7.30. The molecule has 0 saturated carbocycles. The Morgan fingerprint density at radius 2 is 2.05 bits per heavy atom. The number of ether oxygens (including phenoxy) is 1. The minimum Gasteiger partial charge on any atom is -0.374 e. The number of hydrogen-bond acceptors (Lipinski definition) is 2. The van der Waals surface area contributed by atoms with E-state index in [9.17, 15) is 4.39 Å². The van der Waals surface area contributed by atoms with Gasteiger partial charge in [-0.15, -0.1) is 0 Å². The maximum Gasteiger partial charge on any atom is 0.123 e. The van der Waals surface area contributed by atoms with Crippen molar-refractivity contribution in [2.24, 2.45) is 0 Å².